The minimum atomic E-state index is -0.747. The van der Waals surface area contributed by atoms with E-state index in [-0.39, 0.29) is 29.5 Å². The first-order valence-corrected chi connectivity index (χ1v) is 18.0. The van der Waals surface area contributed by atoms with Crippen molar-refractivity contribution >= 4 is 29.5 Å². The number of carbonyl (C=O) groups is 2. The van der Waals surface area contributed by atoms with E-state index < -0.39 is 11.9 Å². The smallest absolute Gasteiger partial charge is 0.418 e. The van der Waals surface area contributed by atoms with Gasteiger partial charge in [0.25, 0.3) is 0 Å². The third-order valence-electron chi connectivity index (χ3n) is 9.35. The SMILES string of the molecule is CCC(C)NC(=O)CCc1ccc(-c2cccc(C)c2C)c(OC(=O)Nc2ccnc(Nc3ccc(OCCCN4CCN(C)CC4)c(F)c3)n2)c1. The van der Waals surface area contributed by atoms with Gasteiger partial charge in [-0.05, 0) is 93.6 Å². The molecule has 3 N–H and O–H groups in total. The summed E-state index contributed by atoms with van der Waals surface area (Å²) in [5.41, 5.74) is 5.15. The van der Waals surface area contributed by atoms with Gasteiger partial charge in [0.2, 0.25) is 11.9 Å². The van der Waals surface area contributed by atoms with E-state index in [4.69, 9.17) is 9.47 Å². The van der Waals surface area contributed by atoms with E-state index in [1.54, 1.807) is 18.2 Å². The Hall–Kier alpha value is -5.07. The van der Waals surface area contributed by atoms with Crippen molar-refractivity contribution in [2.24, 2.45) is 0 Å². The van der Waals surface area contributed by atoms with Gasteiger partial charge < -0.3 is 29.9 Å². The number of aromatic nitrogens is 2. The minimum Gasteiger partial charge on any atom is -0.490 e. The molecule has 1 fully saturated rings. The Labute approximate surface area is 305 Å². The number of nitrogens with one attached hydrogen (secondary N) is 3. The number of aryl methyl sites for hydroxylation is 2. The first-order chi connectivity index (χ1) is 25.1. The maximum Gasteiger partial charge on any atom is 0.418 e. The fourth-order valence-electron chi connectivity index (χ4n) is 5.86. The van der Waals surface area contributed by atoms with Crippen LogP contribution < -0.4 is 25.4 Å². The maximum absolute atomic E-state index is 14.9. The summed E-state index contributed by atoms with van der Waals surface area (Å²) in [4.78, 5) is 39.0. The molecule has 1 saturated heterocycles. The minimum absolute atomic E-state index is 0.0273. The zero-order valence-corrected chi connectivity index (χ0v) is 30.8. The van der Waals surface area contributed by atoms with E-state index in [2.05, 4.69) is 42.8 Å². The van der Waals surface area contributed by atoms with Crippen LogP contribution in [0.1, 0.15) is 49.8 Å². The Morgan fingerprint density at radius 1 is 0.981 bits per heavy atom. The molecule has 2 heterocycles. The molecule has 0 bridgehead atoms. The predicted octanol–water partition coefficient (Wildman–Crippen LogP) is 7.12. The number of hydrogen-bond acceptors (Lipinski definition) is 9. The Bertz CT molecular complexity index is 1830. The van der Waals surface area contributed by atoms with Gasteiger partial charge in [-0.3, -0.25) is 10.1 Å². The standard InChI is InChI=1S/C40H50FN7O4/c1-6-28(3)43-38(49)16-12-30-11-14-33(32-10-7-9-27(2)29(32)4)36(25-30)52-40(50)46-37-17-18-42-39(45-37)44-31-13-15-35(34(41)26-31)51-24-8-19-48-22-20-47(5)21-23-48/h7,9-11,13-15,17-18,25-26,28H,6,8,12,16,19-24H2,1-5H3,(H,43,49)(H2,42,44,45,46,50). The summed E-state index contributed by atoms with van der Waals surface area (Å²) in [5, 5.41) is 8.65. The Balaban J connectivity index is 1.21. The van der Waals surface area contributed by atoms with Crippen LogP contribution >= 0.6 is 0 Å². The molecule has 0 radical (unpaired) electrons. The van der Waals surface area contributed by atoms with Crippen molar-refractivity contribution in [2.75, 3.05) is 57.0 Å². The van der Waals surface area contributed by atoms with Gasteiger partial charge in [0, 0.05) is 68.7 Å². The predicted molar refractivity (Wildman–Crippen MR) is 203 cm³/mol. The molecule has 3 aromatic carbocycles. The number of halogens is 1. The van der Waals surface area contributed by atoms with Crippen LogP contribution in [0.5, 0.6) is 11.5 Å². The second-order valence-electron chi connectivity index (χ2n) is 13.4. The average Bonchev–Trinajstić information content (AvgIpc) is 3.12. The lowest BCUT2D eigenvalue weighted by atomic mass is 9.95. The number of benzene rings is 3. The molecular weight excluding hydrogens is 661 g/mol. The van der Waals surface area contributed by atoms with Crippen molar-refractivity contribution in [2.45, 2.75) is 59.4 Å². The van der Waals surface area contributed by atoms with Crippen LogP contribution in [0, 0.1) is 19.7 Å². The number of carbonyl (C=O) groups excluding carboxylic acids is 2. The van der Waals surface area contributed by atoms with Crippen molar-refractivity contribution in [3.05, 3.63) is 89.4 Å². The molecule has 4 aromatic rings. The van der Waals surface area contributed by atoms with Gasteiger partial charge in [-0.2, -0.15) is 4.98 Å². The van der Waals surface area contributed by atoms with Crippen molar-refractivity contribution < 1.29 is 23.5 Å². The van der Waals surface area contributed by atoms with Gasteiger partial charge in [-0.1, -0.05) is 37.3 Å². The van der Waals surface area contributed by atoms with Crippen LogP contribution in [-0.4, -0.2) is 84.2 Å². The van der Waals surface area contributed by atoms with Gasteiger partial charge in [0.1, 0.15) is 11.6 Å². The molecule has 1 unspecified atom stereocenters. The number of anilines is 3. The molecule has 0 aliphatic carbocycles. The number of likely N-dealkylation sites (N-methyl/N-ethyl adjacent to an activating group) is 1. The highest BCUT2D eigenvalue weighted by Gasteiger charge is 2.17. The molecule has 1 aromatic heterocycles. The summed E-state index contributed by atoms with van der Waals surface area (Å²) in [6.07, 6.45) is 3.20. The van der Waals surface area contributed by atoms with Crippen LogP contribution in [-0.2, 0) is 11.2 Å². The van der Waals surface area contributed by atoms with E-state index in [0.29, 0.717) is 30.9 Å². The number of rotatable bonds is 15. The second kappa shape index (κ2) is 18.4. The zero-order valence-electron chi connectivity index (χ0n) is 30.8. The van der Waals surface area contributed by atoms with Crippen LogP contribution in [0.2, 0.25) is 0 Å². The van der Waals surface area contributed by atoms with Crippen molar-refractivity contribution in [1.82, 2.24) is 25.1 Å². The lowest BCUT2D eigenvalue weighted by Crippen LogP contribution is -2.44. The highest BCUT2D eigenvalue weighted by molar-refractivity contribution is 5.87. The summed E-state index contributed by atoms with van der Waals surface area (Å²) in [7, 11) is 2.13. The fourth-order valence-corrected chi connectivity index (χ4v) is 5.86. The van der Waals surface area contributed by atoms with Gasteiger partial charge >= 0.3 is 6.09 Å². The molecule has 1 atom stereocenters. The lowest BCUT2D eigenvalue weighted by molar-refractivity contribution is -0.121. The molecule has 0 saturated carbocycles. The number of nitrogens with zero attached hydrogens (tertiary/aromatic N) is 4. The van der Waals surface area contributed by atoms with E-state index in [9.17, 15) is 14.0 Å². The van der Waals surface area contributed by atoms with Crippen LogP contribution in [0.15, 0.2) is 66.9 Å². The van der Waals surface area contributed by atoms with Crippen LogP contribution in [0.3, 0.4) is 0 Å². The molecule has 0 spiro atoms. The molecule has 5 rings (SSSR count). The largest absolute Gasteiger partial charge is 0.490 e. The van der Waals surface area contributed by atoms with E-state index in [1.165, 1.54) is 18.3 Å². The molecule has 2 amide bonds. The number of piperazine rings is 1. The topological polar surface area (TPSA) is 121 Å². The molecular formula is C40H50FN7O4. The lowest BCUT2D eigenvalue weighted by Gasteiger charge is -2.32. The maximum atomic E-state index is 14.9. The summed E-state index contributed by atoms with van der Waals surface area (Å²) in [6, 6.07) is 17.9. The number of ether oxygens (including phenoxy) is 2. The molecule has 12 heteroatoms. The third-order valence-corrected chi connectivity index (χ3v) is 9.35. The summed E-state index contributed by atoms with van der Waals surface area (Å²) in [5.74, 6) is 0.361. The normalized spacial score (nSPS) is 14.0. The van der Waals surface area contributed by atoms with Crippen molar-refractivity contribution in [3.8, 4) is 22.6 Å². The van der Waals surface area contributed by atoms with Crippen LogP contribution in [0.4, 0.5) is 26.6 Å². The quantitative estimate of drug-likeness (QED) is 0.111. The summed E-state index contributed by atoms with van der Waals surface area (Å²) < 4.78 is 26.5. The fraction of sp³-hybridized carbons (Fsp3) is 0.400. The first-order valence-electron chi connectivity index (χ1n) is 18.0. The molecule has 1 aliphatic rings. The highest BCUT2D eigenvalue weighted by atomic mass is 19.1. The van der Waals surface area contributed by atoms with E-state index in [1.807, 2.05) is 58.0 Å². The van der Waals surface area contributed by atoms with Gasteiger partial charge in [0.05, 0.1) is 6.61 Å². The molecule has 11 nitrogen and oxygen atoms in total. The molecule has 1 aliphatic heterocycles. The molecule has 52 heavy (non-hydrogen) atoms. The zero-order chi connectivity index (χ0) is 37.0. The van der Waals surface area contributed by atoms with Crippen molar-refractivity contribution in [1.29, 1.82) is 0 Å². The Kier molecular flexibility index (Phi) is 13.5. The van der Waals surface area contributed by atoms with Gasteiger partial charge in [0.15, 0.2) is 11.6 Å². The summed E-state index contributed by atoms with van der Waals surface area (Å²) >= 11 is 0. The third kappa shape index (κ3) is 11.0. The van der Waals surface area contributed by atoms with E-state index in [0.717, 1.165) is 73.4 Å². The average molecular weight is 712 g/mol. The van der Waals surface area contributed by atoms with Crippen LogP contribution in [0.25, 0.3) is 11.1 Å². The number of hydrogen-bond donors (Lipinski definition) is 3. The van der Waals surface area contributed by atoms with E-state index >= 15 is 0 Å². The van der Waals surface area contributed by atoms with Gasteiger partial charge in [-0.25, -0.2) is 14.2 Å². The molecule has 276 valence electrons. The second-order valence-corrected chi connectivity index (χ2v) is 13.4. The monoisotopic (exact) mass is 711 g/mol. The Morgan fingerprint density at radius 2 is 1.79 bits per heavy atom. The number of amides is 2. The Morgan fingerprint density at radius 3 is 2.56 bits per heavy atom. The van der Waals surface area contributed by atoms with Crippen molar-refractivity contribution in [3.63, 3.8) is 0 Å². The summed E-state index contributed by atoms with van der Waals surface area (Å²) in [6.45, 7) is 13.6. The highest BCUT2D eigenvalue weighted by Crippen LogP contribution is 2.35. The first kappa shape index (κ1) is 38.2. The van der Waals surface area contributed by atoms with Gasteiger partial charge in [-0.15, -0.1) is 0 Å².